The number of piperazine rings is 1. The Bertz CT molecular complexity index is 1210. The number of rotatable bonds is 5. The highest BCUT2D eigenvalue weighted by Crippen LogP contribution is 2.37. The fourth-order valence-electron chi connectivity index (χ4n) is 4.52. The number of aromatic nitrogens is 1. The Kier molecular flexibility index (Phi) is 5.82. The molecule has 1 aromatic heterocycles. The first-order valence-electron chi connectivity index (χ1n) is 10.8. The van der Waals surface area contributed by atoms with Crippen molar-refractivity contribution in [1.29, 1.82) is 0 Å². The van der Waals surface area contributed by atoms with Crippen LogP contribution in [0.25, 0.3) is 0 Å². The highest BCUT2D eigenvalue weighted by atomic mass is 35.5. The number of imide groups is 1. The summed E-state index contributed by atoms with van der Waals surface area (Å²) in [5, 5.41) is 13.3. The lowest BCUT2D eigenvalue weighted by Gasteiger charge is -2.36. The van der Waals surface area contributed by atoms with E-state index in [1.165, 1.54) is 16.2 Å². The van der Waals surface area contributed by atoms with Crippen molar-refractivity contribution in [1.82, 2.24) is 14.8 Å². The van der Waals surface area contributed by atoms with Gasteiger partial charge in [0.15, 0.2) is 0 Å². The first-order valence-corrected chi connectivity index (χ1v) is 12.0. The second kappa shape index (κ2) is 8.78. The largest absolute Gasteiger partial charge is 0.508 e. The number of amides is 2. The predicted molar refractivity (Wildman–Crippen MR) is 128 cm³/mol. The number of fused-ring (bicyclic) bond motifs is 1. The maximum atomic E-state index is 13.4. The average molecular weight is 483 g/mol. The molecule has 1 fully saturated rings. The number of phenolic OH excluding ortho intramolecular Hbond substituents is 1. The van der Waals surface area contributed by atoms with Crippen molar-refractivity contribution in [2.75, 3.05) is 31.1 Å². The lowest BCUT2D eigenvalue weighted by atomic mass is 10.1. The summed E-state index contributed by atoms with van der Waals surface area (Å²) in [5.74, 6) is -0.296. The molecular weight excluding hydrogens is 460 g/mol. The zero-order chi connectivity index (χ0) is 23.1. The number of aromatic hydroxyl groups is 1. The van der Waals surface area contributed by atoms with E-state index in [9.17, 15) is 14.7 Å². The summed E-state index contributed by atoms with van der Waals surface area (Å²) in [7, 11) is 0. The molecule has 0 bridgehead atoms. The standard InChI is InChI=1S/C24H23ClN4O3S/c1-15(22-26-7-12-33-22)29-23(31)18-3-2-4-19(21(18)24(29)32)28-10-8-27(9-11-28)14-16-13-17(25)5-6-20(16)30/h2-7,12-13,15,30H,8-11,14H2,1H3. The van der Waals surface area contributed by atoms with Gasteiger partial charge >= 0.3 is 0 Å². The Balaban J connectivity index is 1.33. The number of benzene rings is 2. The molecular formula is C24H23ClN4O3S. The number of carbonyl (C=O) groups is 2. The Morgan fingerprint density at radius 3 is 2.64 bits per heavy atom. The number of hydrogen-bond donors (Lipinski definition) is 1. The molecule has 0 saturated carbocycles. The number of carbonyl (C=O) groups excluding carboxylic acids is 2. The van der Waals surface area contributed by atoms with Gasteiger partial charge in [-0.2, -0.15) is 0 Å². The van der Waals surface area contributed by atoms with Crippen LogP contribution in [0.2, 0.25) is 5.02 Å². The van der Waals surface area contributed by atoms with Crippen molar-refractivity contribution in [2.45, 2.75) is 19.5 Å². The molecule has 1 atom stereocenters. The third-order valence-corrected chi connectivity index (χ3v) is 7.45. The van der Waals surface area contributed by atoms with Gasteiger partial charge in [0.25, 0.3) is 11.8 Å². The van der Waals surface area contributed by atoms with Crippen LogP contribution in [0.3, 0.4) is 0 Å². The van der Waals surface area contributed by atoms with Crippen LogP contribution in [0, 0.1) is 0 Å². The van der Waals surface area contributed by atoms with Crippen molar-refractivity contribution in [2.24, 2.45) is 0 Å². The van der Waals surface area contributed by atoms with Crippen LogP contribution in [-0.4, -0.2) is 57.9 Å². The Hall–Kier alpha value is -2.94. The molecule has 1 unspecified atom stereocenters. The summed E-state index contributed by atoms with van der Waals surface area (Å²) < 4.78 is 0. The van der Waals surface area contributed by atoms with Gasteiger partial charge in [-0.05, 0) is 37.3 Å². The summed E-state index contributed by atoms with van der Waals surface area (Å²) >= 11 is 7.52. The number of halogens is 1. The molecule has 2 amide bonds. The van der Waals surface area contributed by atoms with E-state index in [4.69, 9.17) is 11.6 Å². The van der Waals surface area contributed by atoms with E-state index in [2.05, 4.69) is 14.8 Å². The second-order valence-electron chi connectivity index (χ2n) is 8.26. The van der Waals surface area contributed by atoms with E-state index in [-0.39, 0.29) is 17.6 Å². The van der Waals surface area contributed by atoms with E-state index in [1.807, 2.05) is 24.4 Å². The molecule has 170 valence electrons. The van der Waals surface area contributed by atoms with E-state index in [1.54, 1.807) is 30.5 Å². The van der Waals surface area contributed by atoms with Gasteiger partial charge in [-0.1, -0.05) is 17.7 Å². The van der Waals surface area contributed by atoms with Crippen LogP contribution in [0.15, 0.2) is 48.0 Å². The van der Waals surface area contributed by atoms with Crippen LogP contribution >= 0.6 is 22.9 Å². The van der Waals surface area contributed by atoms with Crippen LogP contribution in [0.4, 0.5) is 5.69 Å². The molecule has 1 N–H and O–H groups in total. The maximum Gasteiger partial charge on any atom is 0.264 e. The van der Waals surface area contributed by atoms with Gasteiger partial charge in [0, 0.05) is 54.9 Å². The van der Waals surface area contributed by atoms with Crippen LogP contribution in [-0.2, 0) is 6.54 Å². The summed E-state index contributed by atoms with van der Waals surface area (Å²) in [6.45, 7) is 5.38. The zero-order valence-electron chi connectivity index (χ0n) is 18.1. The highest BCUT2D eigenvalue weighted by molar-refractivity contribution is 7.09. The van der Waals surface area contributed by atoms with Crippen molar-refractivity contribution < 1.29 is 14.7 Å². The molecule has 2 aliphatic rings. The highest BCUT2D eigenvalue weighted by Gasteiger charge is 2.42. The van der Waals surface area contributed by atoms with E-state index < -0.39 is 6.04 Å². The van der Waals surface area contributed by atoms with Gasteiger partial charge in [0.05, 0.1) is 22.9 Å². The van der Waals surface area contributed by atoms with Gasteiger partial charge < -0.3 is 10.0 Å². The quantitative estimate of drug-likeness (QED) is 0.550. The summed E-state index contributed by atoms with van der Waals surface area (Å²) in [5.41, 5.74) is 2.52. The Labute approximate surface area is 200 Å². The first kappa shape index (κ1) is 21.9. The molecule has 1 saturated heterocycles. The van der Waals surface area contributed by atoms with Crippen molar-refractivity contribution in [3.8, 4) is 5.75 Å². The number of thiazole rings is 1. The Morgan fingerprint density at radius 2 is 1.91 bits per heavy atom. The van der Waals surface area contributed by atoms with Crippen molar-refractivity contribution >= 4 is 40.4 Å². The number of hydrogen-bond acceptors (Lipinski definition) is 7. The molecule has 0 aliphatic carbocycles. The third-order valence-electron chi connectivity index (χ3n) is 6.27. The number of phenols is 1. The first-order chi connectivity index (χ1) is 15.9. The lowest BCUT2D eigenvalue weighted by Crippen LogP contribution is -2.46. The topological polar surface area (TPSA) is 77.0 Å². The maximum absolute atomic E-state index is 13.4. The van der Waals surface area contributed by atoms with Gasteiger partial charge in [0.2, 0.25) is 0 Å². The molecule has 9 heteroatoms. The third kappa shape index (κ3) is 3.99. The molecule has 2 aromatic carbocycles. The molecule has 7 nitrogen and oxygen atoms in total. The molecule has 0 radical (unpaired) electrons. The van der Waals surface area contributed by atoms with E-state index >= 15 is 0 Å². The summed E-state index contributed by atoms with van der Waals surface area (Å²) in [4.78, 5) is 36.5. The molecule has 33 heavy (non-hydrogen) atoms. The predicted octanol–water partition coefficient (Wildman–Crippen LogP) is 4.18. The molecule has 5 rings (SSSR count). The van der Waals surface area contributed by atoms with Gasteiger partial charge in [-0.15, -0.1) is 11.3 Å². The molecule has 3 aromatic rings. The van der Waals surface area contributed by atoms with Crippen LogP contribution in [0.5, 0.6) is 5.75 Å². The minimum absolute atomic E-state index is 0.237. The van der Waals surface area contributed by atoms with Gasteiger partial charge in [0.1, 0.15) is 10.8 Å². The summed E-state index contributed by atoms with van der Waals surface area (Å²) in [6, 6.07) is 10.1. The lowest BCUT2D eigenvalue weighted by molar-refractivity contribution is 0.0595. The fourth-order valence-corrected chi connectivity index (χ4v) is 5.40. The summed E-state index contributed by atoms with van der Waals surface area (Å²) in [6.07, 6.45) is 1.68. The van der Waals surface area contributed by atoms with Gasteiger partial charge in [-0.25, -0.2) is 4.98 Å². The number of anilines is 1. The monoisotopic (exact) mass is 482 g/mol. The van der Waals surface area contributed by atoms with Crippen molar-refractivity contribution in [3.63, 3.8) is 0 Å². The van der Waals surface area contributed by atoms with Crippen LogP contribution < -0.4 is 4.90 Å². The average Bonchev–Trinajstić information content (AvgIpc) is 3.44. The normalized spacial score (nSPS) is 17.5. The fraction of sp³-hybridized carbons (Fsp3) is 0.292. The zero-order valence-corrected chi connectivity index (χ0v) is 19.6. The van der Waals surface area contributed by atoms with Gasteiger partial charge in [-0.3, -0.25) is 19.4 Å². The van der Waals surface area contributed by atoms with Crippen LogP contribution in [0.1, 0.15) is 44.3 Å². The SMILES string of the molecule is CC(c1nccs1)N1C(=O)c2cccc(N3CCN(Cc4cc(Cl)ccc4O)CC3)c2C1=O. The molecule has 3 heterocycles. The Morgan fingerprint density at radius 1 is 1.12 bits per heavy atom. The smallest absolute Gasteiger partial charge is 0.264 e. The van der Waals surface area contributed by atoms with E-state index in [0.29, 0.717) is 35.8 Å². The minimum atomic E-state index is -0.410. The second-order valence-corrected chi connectivity index (χ2v) is 9.63. The minimum Gasteiger partial charge on any atom is -0.508 e. The molecule has 0 spiro atoms. The van der Waals surface area contributed by atoms with E-state index in [0.717, 1.165) is 29.3 Å². The molecule has 2 aliphatic heterocycles. The number of nitrogens with zero attached hydrogens (tertiary/aromatic N) is 4. The van der Waals surface area contributed by atoms with Crippen molar-refractivity contribution in [3.05, 3.63) is 74.7 Å².